The molecule has 2 aromatic rings. The van der Waals surface area contributed by atoms with Crippen LogP contribution in [-0.2, 0) is 14.3 Å². The fourth-order valence-corrected chi connectivity index (χ4v) is 4.85. The lowest BCUT2D eigenvalue weighted by molar-refractivity contribution is -0.141. The number of methoxy groups -OCH3 is 1. The van der Waals surface area contributed by atoms with Gasteiger partial charge in [-0.3, -0.25) is 9.59 Å². The Hall–Kier alpha value is -3.55. The van der Waals surface area contributed by atoms with Crippen LogP contribution in [0.1, 0.15) is 103 Å². The Labute approximate surface area is 258 Å². The Morgan fingerprint density at radius 3 is 2.07 bits per heavy atom. The van der Waals surface area contributed by atoms with Gasteiger partial charge in [0, 0.05) is 12.2 Å². The summed E-state index contributed by atoms with van der Waals surface area (Å²) in [5.74, 6) is -0.205. The largest absolute Gasteiger partial charge is 0.497 e. The van der Waals surface area contributed by atoms with Crippen molar-refractivity contribution in [2.75, 3.05) is 19.0 Å². The molecule has 0 saturated carbocycles. The van der Waals surface area contributed by atoms with Crippen molar-refractivity contribution in [3.63, 3.8) is 0 Å². The molecule has 0 heterocycles. The Morgan fingerprint density at radius 1 is 0.884 bits per heavy atom. The van der Waals surface area contributed by atoms with Gasteiger partial charge in [0.25, 0.3) is 5.91 Å². The van der Waals surface area contributed by atoms with Gasteiger partial charge in [-0.2, -0.15) is 0 Å². The highest BCUT2D eigenvalue weighted by Crippen LogP contribution is 2.28. The van der Waals surface area contributed by atoms with Crippen LogP contribution in [0.3, 0.4) is 0 Å². The number of hydrogen-bond acceptors (Lipinski definition) is 5. The van der Waals surface area contributed by atoms with Crippen LogP contribution in [-0.4, -0.2) is 48.1 Å². The molecule has 238 valence electrons. The highest BCUT2D eigenvalue weighted by molar-refractivity contribution is 5.99. The topological polar surface area (TPSA) is 97.0 Å². The third kappa shape index (κ3) is 11.6. The van der Waals surface area contributed by atoms with Crippen LogP contribution in [0.2, 0.25) is 0 Å². The second-order valence-electron chi connectivity index (χ2n) is 12.6. The molecule has 0 radical (unpaired) electrons. The molecule has 2 aromatic carbocycles. The molecule has 8 nitrogen and oxygen atoms in total. The van der Waals surface area contributed by atoms with Crippen molar-refractivity contribution in [3.05, 3.63) is 59.2 Å². The molecule has 0 fully saturated rings. The molecule has 0 bridgehead atoms. The van der Waals surface area contributed by atoms with Crippen LogP contribution in [0.4, 0.5) is 10.5 Å². The summed E-state index contributed by atoms with van der Waals surface area (Å²) in [6.45, 7) is 15.7. The van der Waals surface area contributed by atoms with Gasteiger partial charge in [-0.25, -0.2) is 4.79 Å². The summed E-state index contributed by atoms with van der Waals surface area (Å²) in [6, 6.07) is 11.2. The van der Waals surface area contributed by atoms with Crippen molar-refractivity contribution in [2.24, 2.45) is 5.92 Å². The normalized spacial score (nSPS) is 12.8. The van der Waals surface area contributed by atoms with E-state index in [9.17, 15) is 14.4 Å². The van der Waals surface area contributed by atoms with E-state index >= 15 is 0 Å². The number of hydrogen-bond donors (Lipinski definition) is 2. The molecule has 0 spiro atoms. The van der Waals surface area contributed by atoms with E-state index in [2.05, 4.69) is 17.6 Å². The lowest BCUT2D eigenvalue weighted by Crippen LogP contribution is -2.54. The van der Waals surface area contributed by atoms with Crippen molar-refractivity contribution in [1.29, 1.82) is 0 Å². The first kappa shape index (κ1) is 35.6. The molecule has 2 atom stereocenters. The number of alkyl carbamates (subject to hydrolysis) is 1. The van der Waals surface area contributed by atoms with Gasteiger partial charge < -0.3 is 25.0 Å². The molecule has 2 unspecified atom stereocenters. The fraction of sp³-hybridized carbons (Fsp3) is 0.571. The van der Waals surface area contributed by atoms with E-state index in [0.717, 1.165) is 43.2 Å². The maximum Gasteiger partial charge on any atom is 0.408 e. The van der Waals surface area contributed by atoms with Crippen molar-refractivity contribution >= 4 is 23.6 Å². The molecule has 2 rings (SSSR count). The number of nitrogens with zero attached hydrogens (tertiary/aromatic N) is 1. The van der Waals surface area contributed by atoms with Crippen LogP contribution in [0, 0.1) is 19.8 Å². The van der Waals surface area contributed by atoms with Gasteiger partial charge in [-0.15, -0.1) is 0 Å². The Morgan fingerprint density at radius 2 is 1.51 bits per heavy atom. The minimum Gasteiger partial charge on any atom is -0.497 e. The zero-order valence-electron chi connectivity index (χ0n) is 27.7. The monoisotopic (exact) mass is 595 g/mol. The molecule has 0 aliphatic rings. The van der Waals surface area contributed by atoms with E-state index in [0.29, 0.717) is 23.5 Å². The summed E-state index contributed by atoms with van der Waals surface area (Å²) in [4.78, 5) is 43.0. The van der Waals surface area contributed by atoms with Crippen LogP contribution < -0.4 is 15.4 Å². The van der Waals surface area contributed by atoms with E-state index in [1.807, 2.05) is 45.9 Å². The lowest BCUT2D eigenvalue weighted by atomic mass is 9.96. The number of carbonyl (C=O) groups is 3. The smallest absolute Gasteiger partial charge is 0.408 e. The van der Waals surface area contributed by atoms with Gasteiger partial charge in [0.05, 0.1) is 7.11 Å². The first-order valence-corrected chi connectivity index (χ1v) is 15.6. The van der Waals surface area contributed by atoms with E-state index < -0.39 is 23.8 Å². The standard InChI is InChI=1S/C35H53N3O5/c1-10-11-12-13-14-15-22-38(33(40)30(24(2)3)37-34(41)43-35(6,7)8)31(27-17-16-25(4)26(5)23-27)32(39)36-28-18-20-29(42-9)21-19-28/h16-21,23-24,30-31H,10-15,22H2,1-9H3,(H,36,39)(H,37,41). The maximum absolute atomic E-state index is 14.4. The number of benzene rings is 2. The van der Waals surface area contributed by atoms with Crippen molar-refractivity contribution in [3.8, 4) is 5.75 Å². The van der Waals surface area contributed by atoms with Crippen LogP contribution in [0.15, 0.2) is 42.5 Å². The van der Waals surface area contributed by atoms with Gasteiger partial charge in [0.2, 0.25) is 5.91 Å². The van der Waals surface area contributed by atoms with E-state index in [1.54, 1.807) is 57.0 Å². The second kappa shape index (κ2) is 16.9. The molecular formula is C35H53N3O5. The van der Waals surface area contributed by atoms with Crippen LogP contribution in [0.5, 0.6) is 5.75 Å². The minimum atomic E-state index is -0.911. The highest BCUT2D eigenvalue weighted by Gasteiger charge is 2.37. The van der Waals surface area contributed by atoms with Crippen LogP contribution >= 0.6 is 0 Å². The van der Waals surface area contributed by atoms with Crippen molar-refractivity contribution in [1.82, 2.24) is 10.2 Å². The predicted molar refractivity (Wildman–Crippen MR) is 173 cm³/mol. The number of rotatable bonds is 15. The minimum absolute atomic E-state index is 0.239. The summed E-state index contributed by atoms with van der Waals surface area (Å²) in [7, 11) is 1.59. The van der Waals surface area contributed by atoms with Gasteiger partial charge in [-0.1, -0.05) is 71.1 Å². The number of ether oxygens (including phenoxy) is 2. The number of amides is 3. The van der Waals surface area contributed by atoms with E-state index in [1.165, 1.54) is 6.42 Å². The Balaban J connectivity index is 2.52. The third-order valence-corrected chi connectivity index (χ3v) is 7.40. The molecule has 3 amide bonds. The number of carbonyl (C=O) groups excluding carboxylic acids is 3. The van der Waals surface area contributed by atoms with Crippen molar-refractivity contribution in [2.45, 2.75) is 112 Å². The third-order valence-electron chi connectivity index (χ3n) is 7.40. The molecule has 43 heavy (non-hydrogen) atoms. The number of unbranched alkanes of at least 4 members (excludes halogenated alkanes) is 5. The number of anilines is 1. The van der Waals surface area contributed by atoms with Gasteiger partial charge in [0.15, 0.2) is 0 Å². The summed E-state index contributed by atoms with van der Waals surface area (Å²) in [6.07, 6.45) is 5.54. The lowest BCUT2D eigenvalue weighted by Gasteiger charge is -2.36. The molecule has 2 N–H and O–H groups in total. The molecular weight excluding hydrogens is 542 g/mol. The quantitative estimate of drug-likeness (QED) is 0.205. The van der Waals surface area contributed by atoms with Crippen molar-refractivity contribution < 1.29 is 23.9 Å². The van der Waals surface area contributed by atoms with Gasteiger partial charge >= 0.3 is 6.09 Å². The molecule has 8 heteroatoms. The molecule has 0 aliphatic heterocycles. The summed E-state index contributed by atoms with van der Waals surface area (Å²) >= 11 is 0. The first-order valence-electron chi connectivity index (χ1n) is 15.6. The fourth-order valence-electron chi connectivity index (χ4n) is 4.85. The molecule has 0 aromatic heterocycles. The predicted octanol–water partition coefficient (Wildman–Crippen LogP) is 7.73. The van der Waals surface area contributed by atoms with Gasteiger partial charge in [-0.05, 0) is 87.9 Å². The average Bonchev–Trinajstić information content (AvgIpc) is 2.93. The summed E-state index contributed by atoms with van der Waals surface area (Å²) in [5, 5.41) is 5.82. The summed E-state index contributed by atoms with van der Waals surface area (Å²) in [5.41, 5.74) is 2.72. The van der Waals surface area contributed by atoms with E-state index in [-0.39, 0.29) is 17.7 Å². The van der Waals surface area contributed by atoms with E-state index in [4.69, 9.17) is 9.47 Å². The first-order chi connectivity index (χ1) is 20.3. The van der Waals surface area contributed by atoms with Gasteiger partial charge in [0.1, 0.15) is 23.4 Å². The Bertz CT molecular complexity index is 1190. The Kier molecular flexibility index (Phi) is 14.0. The SMILES string of the molecule is CCCCCCCCN(C(=O)C(NC(=O)OC(C)(C)C)C(C)C)C(C(=O)Nc1ccc(OC)cc1)c1ccc(C)c(C)c1. The molecule has 0 aliphatic carbocycles. The average molecular weight is 596 g/mol. The highest BCUT2D eigenvalue weighted by atomic mass is 16.6. The summed E-state index contributed by atoms with van der Waals surface area (Å²) < 4.78 is 10.8. The second-order valence-corrected chi connectivity index (χ2v) is 12.6. The number of nitrogens with one attached hydrogen (secondary N) is 2. The van der Waals surface area contributed by atoms with Crippen LogP contribution in [0.25, 0.3) is 0 Å². The number of aryl methyl sites for hydroxylation is 2. The molecule has 0 saturated heterocycles. The zero-order valence-corrected chi connectivity index (χ0v) is 27.7. The zero-order chi connectivity index (χ0) is 32.2. The maximum atomic E-state index is 14.4.